The highest BCUT2D eigenvalue weighted by atomic mass is 19.1. The summed E-state index contributed by atoms with van der Waals surface area (Å²) in [5.74, 6) is -5.15. The highest BCUT2D eigenvalue weighted by molar-refractivity contribution is 5.89. The van der Waals surface area contributed by atoms with E-state index in [1.54, 1.807) is 0 Å². The maximum absolute atomic E-state index is 13.5. The number of rotatable bonds is 4. The summed E-state index contributed by atoms with van der Waals surface area (Å²) in [6.07, 6.45) is 0. The molecule has 0 saturated heterocycles. The molecule has 0 radical (unpaired) electrons. The highest BCUT2D eigenvalue weighted by Crippen LogP contribution is 2.24. The van der Waals surface area contributed by atoms with Crippen molar-refractivity contribution < 1.29 is 28.2 Å². The van der Waals surface area contributed by atoms with Crippen molar-refractivity contribution in [3.8, 4) is 5.75 Å². The molecule has 0 amide bonds. The predicted molar refractivity (Wildman–Crippen MR) is 68.7 cm³/mol. The first kappa shape index (κ1) is 14.7. The minimum absolute atomic E-state index is 0.149. The Morgan fingerprint density at radius 3 is 2.48 bits per heavy atom. The molecule has 0 aliphatic heterocycles. The van der Waals surface area contributed by atoms with Gasteiger partial charge in [0.25, 0.3) is 0 Å². The van der Waals surface area contributed by atoms with Crippen LogP contribution in [0, 0.1) is 17.5 Å². The Labute approximate surface area is 117 Å². The van der Waals surface area contributed by atoms with E-state index in [1.165, 1.54) is 12.1 Å². The lowest BCUT2D eigenvalue weighted by Crippen LogP contribution is -2.07. The van der Waals surface area contributed by atoms with Crippen molar-refractivity contribution in [2.75, 3.05) is 5.32 Å². The van der Waals surface area contributed by atoms with Crippen molar-refractivity contribution >= 4 is 11.7 Å². The number of aromatic hydroxyl groups is 1. The number of carboxylic acids is 1. The van der Waals surface area contributed by atoms with Crippen molar-refractivity contribution in [1.29, 1.82) is 0 Å². The van der Waals surface area contributed by atoms with Gasteiger partial charge in [-0.3, -0.25) is 0 Å². The number of phenols is 1. The number of carbonyl (C=O) groups is 1. The maximum atomic E-state index is 13.5. The Balaban J connectivity index is 2.26. The van der Waals surface area contributed by atoms with Crippen LogP contribution in [0.25, 0.3) is 0 Å². The van der Waals surface area contributed by atoms with E-state index in [0.29, 0.717) is 6.07 Å². The second kappa shape index (κ2) is 5.74. The molecule has 0 saturated carbocycles. The van der Waals surface area contributed by atoms with Gasteiger partial charge >= 0.3 is 5.97 Å². The van der Waals surface area contributed by atoms with Crippen LogP contribution >= 0.6 is 0 Å². The molecule has 0 heterocycles. The van der Waals surface area contributed by atoms with Crippen LogP contribution in [-0.2, 0) is 6.54 Å². The molecule has 2 aromatic rings. The number of nitrogens with one attached hydrogen (secondary N) is 1. The molecule has 0 atom stereocenters. The molecule has 7 heteroatoms. The van der Waals surface area contributed by atoms with Gasteiger partial charge in [-0.2, -0.15) is 0 Å². The van der Waals surface area contributed by atoms with Crippen molar-refractivity contribution in [2.24, 2.45) is 0 Å². The second-order valence-electron chi connectivity index (χ2n) is 4.22. The Morgan fingerprint density at radius 2 is 1.81 bits per heavy atom. The van der Waals surface area contributed by atoms with Crippen LogP contribution in [-0.4, -0.2) is 16.2 Å². The van der Waals surface area contributed by atoms with E-state index in [1.807, 2.05) is 0 Å². The molecule has 0 aliphatic rings. The van der Waals surface area contributed by atoms with Gasteiger partial charge in [0, 0.05) is 18.2 Å². The van der Waals surface area contributed by atoms with Crippen LogP contribution in [0.3, 0.4) is 0 Å². The third kappa shape index (κ3) is 3.07. The lowest BCUT2D eigenvalue weighted by atomic mass is 10.1. The molecular formula is C14H10F3NO3. The zero-order valence-corrected chi connectivity index (χ0v) is 10.5. The Bertz CT molecular complexity index is 704. The largest absolute Gasteiger partial charge is 0.505 e. The van der Waals surface area contributed by atoms with Gasteiger partial charge in [-0.25, -0.2) is 18.0 Å². The molecule has 0 aromatic heterocycles. The molecule has 0 unspecified atom stereocenters. The highest BCUT2D eigenvalue weighted by Gasteiger charge is 2.15. The van der Waals surface area contributed by atoms with Gasteiger partial charge in [0.2, 0.25) is 0 Å². The van der Waals surface area contributed by atoms with Gasteiger partial charge in [0.05, 0.1) is 11.3 Å². The Kier molecular flexibility index (Phi) is 4.02. The Hall–Kier alpha value is -2.70. The SMILES string of the molecule is O=C(O)c1cc(NCc2cccc(F)c2O)c(F)cc1F. The van der Waals surface area contributed by atoms with Crippen molar-refractivity contribution in [1.82, 2.24) is 0 Å². The third-order valence-electron chi connectivity index (χ3n) is 2.83. The van der Waals surface area contributed by atoms with Crippen LogP contribution in [0.15, 0.2) is 30.3 Å². The van der Waals surface area contributed by atoms with Gasteiger partial charge in [-0.1, -0.05) is 12.1 Å². The molecule has 110 valence electrons. The number of hydrogen-bond acceptors (Lipinski definition) is 3. The molecule has 0 fully saturated rings. The van der Waals surface area contributed by atoms with Crippen molar-refractivity contribution in [3.05, 3.63) is 58.9 Å². The number of aromatic carboxylic acids is 1. The molecule has 21 heavy (non-hydrogen) atoms. The summed E-state index contributed by atoms with van der Waals surface area (Å²) in [5, 5.41) is 20.7. The zero-order valence-electron chi connectivity index (χ0n) is 10.5. The van der Waals surface area contributed by atoms with Crippen LogP contribution in [0.1, 0.15) is 15.9 Å². The van der Waals surface area contributed by atoms with Crippen LogP contribution in [0.4, 0.5) is 18.9 Å². The standard InChI is InChI=1S/C14H10F3NO3/c15-9-3-1-2-7(13(9)19)6-18-12-4-8(14(20)21)10(16)5-11(12)17/h1-5,18-19H,6H2,(H,20,21). The number of hydrogen-bond donors (Lipinski definition) is 3. The van der Waals surface area contributed by atoms with Gasteiger partial charge in [0.1, 0.15) is 11.6 Å². The van der Waals surface area contributed by atoms with Crippen LogP contribution in [0.2, 0.25) is 0 Å². The lowest BCUT2D eigenvalue weighted by Gasteiger charge is -2.10. The van der Waals surface area contributed by atoms with Gasteiger partial charge in [-0.15, -0.1) is 0 Å². The van der Waals surface area contributed by atoms with E-state index in [-0.39, 0.29) is 17.8 Å². The van der Waals surface area contributed by atoms with E-state index in [9.17, 15) is 23.1 Å². The molecule has 2 aromatic carbocycles. The van der Waals surface area contributed by atoms with Gasteiger partial charge in [-0.05, 0) is 12.1 Å². The lowest BCUT2D eigenvalue weighted by molar-refractivity contribution is 0.0692. The molecular weight excluding hydrogens is 287 g/mol. The number of carboxylic acid groups (broad SMARTS) is 1. The molecule has 0 aliphatic carbocycles. The number of anilines is 1. The molecule has 0 bridgehead atoms. The van der Waals surface area contributed by atoms with Crippen molar-refractivity contribution in [2.45, 2.75) is 6.54 Å². The number of phenolic OH excluding ortho intramolecular Hbond substituents is 1. The van der Waals surface area contributed by atoms with E-state index in [0.717, 1.165) is 12.1 Å². The summed E-state index contributed by atoms with van der Waals surface area (Å²) in [5.41, 5.74) is -0.810. The fourth-order valence-electron chi connectivity index (χ4n) is 1.74. The smallest absolute Gasteiger partial charge is 0.338 e. The fraction of sp³-hybridized carbons (Fsp3) is 0.0714. The van der Waals surface area contributed by atoms with Gasteiger partial charge < -0.3 is 15.5 Å². The average Bonchev–Trinajstić information content (AvgIpc) is 2.41. The zero-order chi connectivity index (χ0) is 15.6. The first-order chi connectivity index (χ1) is 9.90. The van der Waals surface area contributed by atoms with E-state index < -0.39 is 34.7 Å². The molecule has 4 nitrogen and oxygen atoms in total. The van der Waals surface area contributed by atoms with Crippen LogP contribution < -0.4 is 5.32 Å². The monoisotopic (exact) mass is 297 g/mol. The van der Waals surface area contributed by atoms with Gasteiger partial charge in [0.15, 0.2) is 11.6 Å². The number of halogens is 3. The second-order valence-corrected chi connectivity index (χ2v) is 4.22. The van der Waals surface area contributed by atoms with E-state index >= 15 is 0 Å². The molecule has 2 rings (SSSR count). The van der Waals surface area contributed by atoms with Crippen molar-refractivity contribution in [3.63, 3.8) is 0 Å². The van der Waals surface area contributed by atoms with Crippen LogP contribution in [0.5, 0.6) is 5.75 Å². The fourth-order valence-corrected chi connectivity index (χ4v) is 1.74. The normalized spacial score (nSPS) is 10.4. The maximum Gasteiger partial charge on any atom is 0.338 e. The molecule has 3 N–H and O–H groups in total. The number of benzene rings is 2. The quantitative estimate of drug-likeness (QED) is 0.811. The first-order valence-electron chi connectivity index (χ1n) is 5.82. The van der Waals surface area contributed by atoms with E-state index in [4.69, 9.17) is 5.11 Å². The summed E-state index contributed by atoms with van der Waals surface area (Å²) >= 11 is 0. The molecule has 0 spiro atoms. The average molecular weight is 297 g/mol. The summed E-state index contributed by atoms with van der Waals surface area (Å²) in [4.78, 5) is 10.8. The third-order valence-corrected chi connectivity index (χ3v) is 2.83. The summed E-state index contributed by atoms with van der Waals surface area (Å²) in [7, 11) is 0. The predicted octanol–water partition coefficient (Wildman–Crippen LogP) is 3.12. The summed E-state index contributed by atoms with van der Waals surface area (Å²) in [6, 6.07) is 5.06. The minimum atomic E-state index is -1.54. The minimum Gasteiger partial charge on any atom is -0.505 e. The number of para-hydroxylation sites is 1. The topological polar surface area (TPSA) is 69.6 Å². The Morgan fingerprint density at radius 1 is 1.10 bits per heavy atom. The summed E-state index contributed by atoms with van der Waals surface area (Å²) < 4.78 is 39.9. The first-order valence-corrected chi connectivity index (χ1v) is 5.82. The van der Waals surface area contributed by atoms with E-state index in [2.05, 4.69) is 5.32 Å². The summed E-state index contributed by atoms with van der Waals surface area (Å²) in [6.45, 7) is -0.162.